The number of halogens is 1. The summed E-state index contributed by atoms with van der Waals surface area (Å²) in [5.74, 6) is 0. The van der Waals surface area contributed by atoms with Crippen LogP contribution in [0.5, 0.6) is 0 Å². The Balaban J connectivity index is 1.54. The maximum Gasteiger partial charge on any atom is 0.251 e. The Kier molecular flexibility index (Phi) is 5.40. The number of nitrogens with zero attached hydrogens (tertiary/aromatic N) is 4. The number of nitrogens with one attached hydrogen (secondary N) is 1. The van der Waals surface area contributed by atoms with Crippen molar-refractivity contribution in [1.82, 2.24) is 24.5 Å². The summed E-state index contributed by atoms with van der Waals surface area (Å²) < 4.78 is 4.37. The minimum Gasteiger partial charge on any atom is -0.394 e. The lowest BCUT2D eigenvalue weighted by Crippen LogP contribution is -2.26. The molecular weight excluding hydrogens is 517 g/mol. The van der Waals surface area contributed by atoms with Crippen LogP contribution >= 0.6 is 22.6 Å². The zero-order valence-electron chi connectivity index (χ0n) is 17.2. The molecule has 5 rings (SSSR count). The van der Waals surface area contributed by atoms with Gasteiger partial charge in [0.05, 0.1) is 24.4 Å². The van der Waals surface area contributed by atoms with Crippen molar-refractivity contribution in [3.63, 3.8) is 0 Å². The van der Waals surface area contributed by atoms with Crippen molar-refractivity contribution >= 4 is 33.5 Å². The molecule has 3 aromatic heterocycles. The van der Waals surface area contributed by atoms with E-state index in [1.165, 1.54) is 0 Å². The highest BCUT2D eigenvalue weighted by Gasteiger charge is 2.16. The third-order valence-corrected chi connectivity index (χ3v) is 6.24. The molecule has 0 radical (unpaired) electrons. The molecule has 0 fully saturated rings. The van der Waals surface area contributed by atoms with E-state index in [4.69, 9.17) is 0 Å². The lowest BCUT2D eigenvalue weighted by molar-refractivity contribution is 0.247. The average Bonchev–Trinajstić information content (AvgIpc) is 3.40. The van der Waals surface area contributed by atoms with Crippen molar-refractivity contribution in [3.05, 3.63) is 92.7 Å². The lowest BCUT2D eigenvalue weighted by Gasteiger charge is -2.18. The first-order valence-electron chi connectivity index (χ1n) is 10.1. The molecule has 0 bridgehead atoms. The predicted molar refractivity (Wildman–Crippen MR) is 132 cm³/mol. The van der Waals surface area contributed by atoms with Gasteiger partial charge in [-0.25, -0.2) is 0 Å². The summed E-state index contributed by atoms with van der Waals surface area (Å²) in [4.78, 5) is 13.0. The van der Waals surface area contributed by atoms with Gasteiger partial charge in [0.1, 0.15) is 5.69 Å². The second-order valence-electron chi connectivity index (χ2n) is 7.65. The Morgan fingerprint density at radius 1 is 1.09 bits per heavy atom. The standard InChI is InChI=1S/C24H20IN5O2/c1-29-13-18(12-26-29)24-20-10-15(5-6-21(20)27-28-24)16-7-8-30(23(32)11-16)22(14-31)17-3-2-4-19(25)9-17/h2-13,22,31H,14H2,1H3,(H,27,28)/t22-/m1/s1. The second kappa shape index (κ2) is 8.36. The van der Waals surface area contributed by atoms with Crippen LogP contribution < -0.4 is 5.56 Å². The zero-order chi connectivity index (χ0) is 22.2. The van der Waals surface area contributed by atoms with Gasteiger partial charge in [0.25, 0.3) is 5.56 Å². The number of aromatic amines is 1. The fourth-order valence-corrected chi connectivity index (χ4v) is 4.52. The molecule has 0 aliphatic rings. The summed E-state index contributed by atoms with van der Waals surface area (Å²) in [6, 6.07) is 16.9. The molecular formula is C24H20IN5O2. The number of aromatic nitrogens is 5. The molecule has 0 aliphatic heterocycles. The number of H-pyrrole nitrogens is 1. The van der Waals surface area contributed by atoms with E-state index in [2.05, 4.69) is 37.9 Å². The number of aliphatic hydroxyl groups is 1. The van der Waals surface area contributed by atoms with Crippen LogP contribution in [0.3, 0.4) is 0 Å². The van der Waals surface area contributed by atoms with E-state index in [-0.39, 0.29) is 12.2 Å². The van der Waals surface area contributed by atoms with Crippen LogP contribution in [-0.2, 0) is 7.05 Å². The maximum absolute atomic E-state index is 13.0. The molecule has 160 valence electrons. The molecule has 32 heavy (non-hydrogen) atoms. The van der Waals surface area contributed by atoms with Gasteiger partial charge >= 0.3 is 0 Å². The van der Waals surface area contributed by atoms with E-state index in [1.54, 1.807) is 27.7 Å². The molecule has 2 N–H and O–H groups in total. The van der Waals surface area contributed by atoms with Gasteiger partial charge in [-0.1, -0.05) is 18.2 Å². The van der Waals surface area contributed by atoms with Crippen LogP contribution in [0, 0.1) is 3.57 Å². The fraction of sp³-hybridized carbons (Fsp3) is 0.125. The lowest BCUT2D eigenvalue weighted by atomic mass is 10.0. The molecule has 5 aromatic rings. The minimum atomic E-state index is -0.431. The highest BCUT2D eigenvalue weighted by molar-refractivity contribution is 14.1. The molecule has 0 amide bonds. The van der Waals surface area contributed by atoms with E-state index < -0.39 is 6.04 Å². The summed E-state index contributed by atoms with van der Waals surface area (Å²) >= 11 is 2.23. The third-order valence-electron chi connectivity index (χ3n) is 5.56. The Hall–Kier alpha value is -3.24. The summed E-state index contributed by atoms with van der Waals surface area (Å²) in [6.07, 6.45) is 5.45. The van der Waals surface area contributed by atoms with E-state index in [9.17, 15) is 9.90 Å². The van der Waals surface area contributed by atoms with Crippen molar-refractivity contribution in [3.8, 4) is 22.4 Å². The highest BCUT2D eigenvalue weighted by atomic mass is 127. The molecule has 2 aromatic carbocycles. The molecule has 0 saturated carbocycles. The monoisotopic (exact) mass is 537 g/mol. The number of hydrogen-bond donors (Lipinski definition) is 2. The first kappa shape index (κ1) is 20.7. The molecule has 1 atom stereocenters. The molecule has 0 spiro atoms. The van der Waals surface area contributed by atoms with Gasteiger partial charge in [-0.2, -0.15) is 10.2 Å². The highest BCUT2D eigenvalue weighted by Crippen LogP contribution is 2.30. The third kappa shape index (κ3) is 3.76. The van der Waals surface area contributed by atoms with Crippen LogP contribution in [0.15, 0.2) is 78.0 Å². The van der Waals surface area contributed by atoms with Gasteiger partial charge in [-0.3, -0.25) is 14.6 Å². The molecule has 8 heteroatoms. The van der Waals surface area contributed by atoms with Crippen LogP contribution in [0.1, 0.15) is 11.6 Å². The van der Waals surface area contributed by atoms with E-state index >= 15 is 0 Å². The van der Waals surface area contributed by atoms with Gasteiger partial charge in [0.15, 0.2) is 0 Å². The van der Waals surface area contributed by atoms with Crippen molar-refractivity contribution < 1.29 is 5.11 Å². The second-order valence-corrected chi connectivity index (χ2v) is 8.90. The van der Waals surface area contributed by atoms with E-state index in [1.807, 2.05) is 61.8 Å². The van der Waals surface area contributed by atoms with Crippen molar-refractivity contribution in [1.29, 1.82) is 0 Å². The van der Waals surface area contributed by atoms with Gasteiger partial charge in [0, 0.05) is 40.0 Å². The van der Waals surface area contributed by atoms with Crippen LogP contribution in [-0.4, -0.2) is 36.3 Å². The normalized spacial score (nSPS) is 12.3. The maximum atomic E-state index is 13.0. The Morgan fingerprint density at radius 3 is 2.66 bits per heavy atom. The Labute approximate surface area is 197 Å². The molecule has 0 aliphatic carbocycles. The zero-order valence-corrected chi connectivity index (χ0v) is 19.4. The van der Waals surface area contributed by atoms with Crippen molar-refractivity contribution in [2.75, 3.05) is 6.61 Å². The van der Waals surface area contributed by atoms with E-state index in [0.717, 1.165) is 42.4 Å². The molecule has 0 saturated heterocycles. The molecule has 3 heterocycles. The van der Waals surface area contributed by atoms with Gasteiger partial charge in [-0.15, -0.1) is 0 Å². The Bertz CT molecular complexity index is 1480. The minimum absolute atomic E-state index is 0.158. The number of hydrogen-bond acceptors (Lipinski definition) is 4. The number of pyridine rings is 1. The van der Waals surface area contributed by atoms with E-state index in [0.29, 0.717) is 0 Å². The largest absolute Gasteiger partial charge is 0.394 e. The Morgan fingerprint density at radius 2 is 1.94 bits per heavy atom. The summed E-state index contributed by atoms with van der Waals surface area (Å²) in [7, 11) is 1.87. The smallest absolute Gasteiger partial charge is 0.251 e. The SMILES string of the molecule is Cn1cc(-c2n[nH]c3ccc(-c4ccn([C@H](CO)c5cccc(I)c5)c(=O)c4)cc23)cn1. The summed E-state index contributed by atoms with van der Waals surface area (Å²) in [5, 5.41) is 22.7. The van der Waals surface area contributed by atoms with Crippen LogP contribution in [0.2, 0.25) is 0 Å². The number of fused-ring (bicyclic) bond motifs is 1. The predicted octanol–water partition coefficient (Wildman–Crippen LogP) is 3.98. The first-order valence-corrected chi connectivity index (χ1v) is 11.2. The number of aliphatic hydroxyl groups excluding tert-OH is 1. The number of aryl methyl sites for hydroxylation is 1. The summed E-state index contributed by atoms with van der Waals surface area (Å²) in [5.41, 5.74) is 5.13. The van der Waals surface area contributed by atoms with Crippen molar-refractivity contribution in [2.45, 2.75) is 6.04 Å². The molecule has 0 unspecified atom stereocenters. The summed E-state index contributed by atoms with van der Waals surface area (Å²) in [6.45, 7) is -0.158. The molecule has 7 nitrogen and oxygen atoms in total. The van der Waals surface area contributed by atoms with Gasteiger partial charge < -0.3 is 9.67 Å². The fourth-order valence-electron chi connectivity index (χ4n) is 3.95. The topological polar surface area (TPSA) is 88.7 Å². The number of rotatable bonds is 5. The average molecular weight is 537 g/mol. The quantitative estimate of drug-likeness (QED) is 0.332. The van der Waals surface area contributed by atoms with Gasteiger partial charge in [0.2, 0.25) is 0 Å². The number of benzene rings is 2. The van der Waals surface area contributed by atoms with Crippen LogP contribution in [0.25, 0.3) is 33.3 Å². The van der Waals surface area contributed by atoms with Crippen molar-refractivity contribution in [2.24, 2.45) is 7.05 Å². The first-order chi connectivity index (χ1) is 15.5. The van der Waals surface area contributed by atoms with Gasteiger partial charge in [-0.05, 0) is 69.6 Å². The van der Waals surface area contributed by atoms with Crippen LogP contribution in [0.4, 0.5) is 0 Å².